The number of hydrogen-bond acceptors (Lipinski definition) is 6. The lowest BCUT2D eigenvalue weighted by atomic mass is 10.3. The Kier molecular flexibility index (Phi) is 7.21. The summed E-state index contributed by atoms with van der Waals surface area (Å²) in [5.74, 6) is 0.485. The maximum absolute atomic E-state index is 12.2. The molecule has 23 heavy (non-hydrogen) atoms. The monoisotopic (exact) mass is 338 g/mol. The van der Waals surface area contributed by atoms with Gasteiger partial charge in [0.15, 0.2) is 0 Å². The molecule has 7 nitrogen and oxygen atoms in total. The Balaban J connectivity index is 1.90. The van der Waals surface area contributed by atoms with E-state index in [0.717, 1.165) is 4.88 Å². The van der Waals surface area contributed by atoms with Crippen LogP contribution in [0.25, 0.3) is 0 Å². The van der Waals surface area contributed by atoms with Gasteiger partial charge in [-0.2, -0.15) is 5.10 Å². The molecule has 0 fully saturated rings. The van der Waals surface area contributed by atoms with Gasteiger partial charge in [-0.05, 0) is 17.9 Å². The number of carbonyl (C=O) groups is 1. The van der Waals surface area contributed by atoms with Crippen molar-refractivity contribution in [1.82, 2.24) is 14.7 Å². The van der Waals surface area contributed by atoms with E-state index in [1.54, 1.807) is 28.3 Å². The zero-order valence-corrected chi connectivity index (χ0v) is 13.7. The molecule has 1 amide bonds. The van der Waals surface area contributed by atoms with Crippen molar-refractivity contribution in [2.75, 3.05) is 38.2 Å². The summed E-state index contributed by atoms with van der Waals surface area (Å²) in [6.07, 6.45) is 2.23. The minimum atomic E-state index is -0.163. The van der Waals surface area contributed by atoms with Crippen molar-refractivity contribution < 1.29 is 15.0 Å². The average molecular weight is 338 g/mol. The zero-order chi connectivity index (χ0) is 16.5. The van der Waals surface area contributed by atoms with Crippen LogP contribution in [0.2, 0.25) is 0 Å². The van der Waals surface area contributed by atoms with E-state index in [2.05, 4.69) is 10.4 Å². The van der Waals surface area contributed by atoms with Crippen LogP contribution >= 0.6 is 11.3 Å². The van der Waals surface area contributed by atoms with Crippen molar-refractivity contribution in [3.05, 3.63) is 34.7 Å². The highest BCUT2D eigenvalue weighted by Gasteiger charge is 2.12. The summed E-state index contributed by atoms with van der Waals surface area (Å²) in [7, 11) is 0. The highest BCUT2D eigenvalue weighted by Crippen LogP contribution is 2.14. The first kappa shape index (κ1) is 17.6. The minimum absolute atomic E-state index is 0.0188. The Hall–Kier alpha value is -1.74. The molecule has 0 spiro atoms. The highest BCUT2D eigenvalue weighted by atomic mass is 32.1. The van der Waals surface area contributed by atoms with E-state index in [1.165, 1.54) is 0 Å². The van der Waals surface area contributed by atoms with Gasteiger partial charge in [-0.1, -0.05) is 6.07 Å². The third-order valence-corrected chi connectivity index (χ3v) is 4.15. The van der Waals surface area contributed by atoms with Crippen LogP contribution < -0.4 is 5.32 Å². The normalized spacial score (nSPS) is 11.1. The number of hydrogen-bond donors (Lipinski definition) is 3. The number of aliphatic hydroxyl groups is 2. The first-order valence-electron chi connectivity index (χ1n) is 7.51. The Labute approximate surface area is 139 Å². The molecule has 126 valence electrons. The third-order valence-electron chi connectivity index (χ3n) is 3.29. The third kappa shape index (κ3) is 5.76. The maximum Gasteiger partial charge on any atom is 0.239 e. The average Bonchev–Trinajstić information content (AvgIpc) is 3.18. The Morgan fingerprint density at radius 2 is 2.17 bits per heavy atom. The molecule has 0 aliphatic rings. The van der Waals surface area contributed by atoms with Crippen LogP contribution in [0.15, 0.2) is 29.8 Å². The van der Waals surface area contributed by atoms with Gasteiger partial charge in [0, 0.05) is 30.6 Å². The van der Waals surface area contributed by atoms with E-state index in [-0.39, 0.29) is 25.7 Å². The molecule has 0 saturated heterocycles. The van der Waals surface area contributed by atoms with E-state index in [9.17, 15) is 4.79 Å². The molecule has 0 saturated carbocycles. The number of nitrogens with zero attached hydrogens (tertiary/aromatic N) is 3. The molecule has 0 bridgehead atoms. The Morgan fingerprint density at radius 1 is 1.30 bits per heavy atom. The number of rotatable bonds is 10. The van der Waals surface area contributed by atoms with Crippen LogP contribution in [0, 0.1) is 0 Å². The van der Waals surface area contributed by atoms with Gasteiger partial charge in [0.2, 0.25) is 5.91 Å². The van der Waals surface area contributed by atoms with E-state index < -0.39 is 0 Å². The molecule has 0 atom stereocenters. The van der Waals surface area contributed by atoms with E-state index in [1.807, 2.05) is 22.4 Å². The number of aliphatic hydroxyl groups excluding tert-OH is 2. The Morgan fingerprint density at radius 3 is 2.87 bits per heavy atom. The van der Waals surface area contributed by atoms with Gasteiger partial charge in [0.25, 0.3) is 0 Å². The number of carbonyl (C=O) groups excluding carboxylic acids is 1. The van der Waals surface area contributed by atoms with Crippen molar-refractivity contribution in [2.24, 2.45) is 0 Å². The summed E-state index contributed by atoms with van der Waals surface area (Å²) in [4.78, 5) is 15.2. The summed E-state index contributed by atoms with van der Waals surface area (Å²) in [6, 6.07) is 5.76. The van der Waals surface area contributed by atoms with Crippen LogP contribution in [-0.2, 0) is 11.3 Å². The molecule has 0 aliphatic carbocycles. The molecule has 2 aromatic heterocycles. The Bertz CT molecular complexity index is 585. The molecular formula is C15H22N4O3S. The SMILES string of the molecule is O=C(CN(CCO)CCCO)Nc1ccnn1Cc1cccs1. The summed E-state index contributed by atoms with van der Waals surface area (Å²) >= 11 is 1.64. The lowest BCUT2D eigenvalue weighted by Gasteiger charge is -2.20. The minimum Gasteiger partial charge on any atom is -0.396 e. The second-order valence-electron chi connectivity index (χ2n) is 5.08. The lowest BCUT2D eigenvalue weighted by molar-refractivity contribution is -0.117. The van der Waals surface area contributed by atoms with Crippen LogP contribution in [0.1, 0.15) is 11.3 Å². The van der Waals surface area contributed by atoms with Gasteiger partial charge < -0.3 is 15.5 Å². The quantitative estimate of drug-likeness (QED) is 0.590. The smallest absolute Gasteiger partial charge is 0.239 e. The summed E-state index contributed by atoms with van der Waals surface area (Å²) in [6.45, 7) is 1.81. The predicted molar refractivity (Wildman–Crippen MR) is 89.5 cm³/mol. The molecule has 2 heterocycles. The fourth-order valence-electron chi connectivity index (χ4n) is 2.21. The number of thiophene rings is 1. The van der Waals surface area contributed by atoms with E-state index in [4.69, 9.17) is 10.2 Å². The van der Waals surface area contributed by atoms with Crippen molar-refractivity contribution in [3.63, 3.8) is 0 Å². The van der Waals surface area contributed by atoms with Gasteiger partial charge in [-0.25, -0.2) is 4.68 Å². The van der Waals surface area contributed by atoms with Crippen molar-refractivity contribution in [1.29, 1.82) is 0 Å². The highest BCUT2D eigenvalue weighted by molar-refractivity contribution is 7.09. The number of anilines is 1. The first-order valence-corrected chi connectivity index (χ1v) is 8.39. The molecule has 0 unspecified atom stereocenters. The van der Waals surface area contributed by atoms with Crippen LogP contribution in [0.4, 0.5) is 5.82 Å². The molecule has 2 aromatic rings. The van der Waals surface area contributed by atoms with Gasteiger partial charge in [-0.15, -0.1) is 11.3 Å². The van der Waals surface area contributed by atoms with E-state index >= 15 is 0 Å². The molecular weight excluding hydrogens is 316 g/mol. The van der Waals surface area contributed by atoms with Crippen molar-refractivity contribution in [3.8, 4) is 0 Å². The van der Waals surface area contributed by atoms with Crippen molar-refractivity contribution >= 4 is 23.1 Å². The molecule has 0 radical (unpaired) electrons. The fourth-order valence-corrected chi connectivity index (χ4v) is 2.89. The summed E-state index contributed by atoms with van der Waals surface area (Å²) in [5.41, 5.74) is 0. The zero-order valence-electron chi connectivity index (χ0n) is 12.9. The van der Waals surface area contributed by atoms with Crippen LogP contribution in [0.5, 0.6) is 0 Å². The standard InChI is InChI=1S/C15H22N4O3S/c20-8-2-6-18(7-9-21)12-15(22)17-14-4-5-16-19(14)11-13-3-1-10-23-13/h1,3-5,10,20-21H,2,6-9,11-12H2,(H,17,22). The van der Waals surface area contributed by atoms with Gasteiger partial charge >= 0.3 is 0 Å². The van der Waals surface area contributed by atoms with Gasteiger partial charge in [0.05, 0.1) is 25.9 Å². The molecule has 8 heteroatoms. The second kappa shape index (κ2) is 9.41. The maximum atomic E-state index is 12.2. The van der Waals surface area contributed by atoms with Crippen LogP contribution in [-0.4, -0.2) is 63.6 Å². The second-order valence-corrected chi connectivity index (χ2v) is 6.11. The predicted octanol–water partition coefficient (Wildman–Crippen LogP) is 0.608. The summed E-state index contributed by atoms with van der Waals surface area (Å²) < 4.78 is 1.74. The molecule has 0 aliphatic heterocycles. The van der Waals surface area contributed by atoms with Gasteiger partial charge in [-0.3, -0.25) is 9.69 Å². The van der Waals surface area contributed by atoms with E-state index in [0.29, 0.717) is 31.9 Å². The summed E-state index contributed by atoms with van der Waals surface area (Å²) in [5, 5.41) is 27.0. The van der Waals surface area contributed by atoms with Crippen molar-refractivity contribution in [2.45, 2.75) is 13.0 Å². The number of nitrogens with one attached hydrogen (secondary N) is 1. The number of amides is 1. The van der Waals surface area contributed by atoms with Gasteiger partial charge in [0.1, 0.15) is 5.82 Å². The molecule has 2 rings (SSSR count). The van der Waals surface area contributed by atoms with Crippen LogP contribution in [0.3, 0.4) is 0 Å². The first-order chi connectivity index (χ1) is 11.2. The largest absolute Gasteiger partial charge is 0.396 e. The number of aromatic nitrogens is 2. The fraction of sp³-hybridized carbons (Fsp3) is 0.467. The molecule has 3 N–H and O–H groups in total. The molecule has 0 aromatic carbocycles. The lowest BCUT2D eigenvalue weighted by Crippen LogP contribution is -2.36. The topological polar surface area (TPSA) is 90.6 Å².